The molecule has 0 aliphatic carbocycles. The molecule has 0 aliphatic rings. The van der Waals surface area contributed by atoms with Gasteiger partial charge >= 0.3 is 17.9 Å². The molecular formula is C63H120O6. The summed E-state index contributed by atoms with van der Waals surface area (Å²) >= 11 is 0. The first-order valence-electron chi connectivity index (χ1n) is 31.2. The van der Waals surface area contributed by atoms with Gasteiger partial charge in [-0.25, -0.2) is 0 Å². The zero-order valence-corrected chi connectivity index (χ0v) is 46.9. The Morgan fingerprint density at radius 1 is 0.275 bits per heavy atom. The lowest BCUT2D eigenvalue weighted by atomic mass is 10.0. The van der Waals surface area contributed by atoms with Crippen LogP contribution in [0.1, 0.15) is 355 Å². The second-order valence-corrected chi connectivity index (χ2v) is 21.3. The summed E-state index contributed by atoms with van der Waals surface area (Å²) in [5, 5.41) is 0. The number of ether oxygens (including phenoxy) is 3. The van der Waals surface area contributed by atoms with Gasteiger partial charge in [-0.3, -0.25) is 14.4 Å². The molecule has 0 amide bonds. The van der Waals surface area contributed by atoms with Crippen LogP contribution in [-0.2, 0) is 28.6 Å². The fourth-order valence-corrected chi connectivity index (χ4v) is 9.56. The molecule has 0 bridgehead atoms. The summed E-state index contributed by atoms with van der Waals surface area (Å²) < 4.78 is 16.9. The lowest BCUT2D eigenvalue weighted by molar-refractivity contribution is -0.167. The van der Waals surface area contributed by atoms with Crippen LogP contribution in [0.3, 0.4) is 0 Å². The van der Waals surface area contributed by atoms with Crippen molar-refractivity contribution in [1.82, 2.24) is 0 Å². The topological polar surface area (TPSA) is 78.9 Å². The molecule has 0 heterocycles. The van der Waals surface area contributed by atoms with E-state index in [1.54, 1.807) is 0 Å². The minimum absolute atomic E-state index is 0.0648. The predicted molar refractivity (Wildman–Crippen MR) is 298 cm³/mol. The molecule has 408 valence electrons. The van der Waals surface area contributed by atoms with Crippen molar-refractivity contribution in [3.05, 3.63) is 12.2 Å². The maximum Gasteiger partial charge on any atom is 0.306 e. The standard InChI is InChI=1S/C63H120O6/c1-4-7-10-13-16-19-22-25-28-30-32-35-38-41-44-47-50-53-56-62(65)68-59-60(58-67-61(64)55-52-49-46-43-40-37-34-27-24-21-18-15-12-9-6-3)69-63(66)57-54-51-48-45-42-39-36-33-31-29-26-23-20-17-14-11-8-5-2/h28,30,60H,4-27,29,31-59H2,1-3H3/b30-28-. The maximum absolute atomic E-state index is 12.9. The van der Waals surface area contributed by atoms with E-state index >= 15 is 0 Å². The van der Waals surface area contributed by atoms with E-state index in [2.05, 4.69) is 32.9 Å². The number of hydrogen-bond acceptors (Lipinski definition) is 6. The largest absolute Gasteiger partial charge is 0.462 e. The van der Waals surface area contributed by atoms with Gasteiger partial charge in [-0.15, -0.1) is 0 Å². The monoisotopic (exact) mass is 973 g/mol. The molecule has 6 nitrogen and oxygen atoms in total. The van der Waals surface area contributed by atoms with Gasteiger partial charge < -0.3 is 14.2 Å². The maximum atomic E-state index is 12.9. The van der Waals surface area contributed by atoms with Crippen LogP contribution in [0, 0.1) is 0 Å². The summed E-state index contributed by atoms with van der Waals surface area (Å²) in [5.74, 6) is -0.840. The summed E-state index contributed by atoms with van der Waals surface area (Å²) in [7, 11) is 0. The van der Waals surface area contributed by atoms with Crippen molar-refractivity contribution in [2.45, 2.75) is 361 Å². The molecule has 0 aromatic heterocycles. The third-order valence-corrected chi connectivity index (χ3v) is 14.3. The van der Waals surface area contributed by atoms with E-state index in [1.807, 2.05) is 0 Å². The second-order valence-electron chi connectivity index (χ2n) is 21.3. The molecule has 0 N–H and O–H groups in total. The molecule has 0 aromatic rings. The number of hydrogen-bond donors (Lipinski definition) is 0. The van der Waals surface area contributed by atoms with Gasteiger partial charge in [0.25, 0.3) is 0 Å². The molecule has 0 spiro atoms. The Balaban J connectivity index is 4.31. The highest BCUT2D eigenvalue weighted by atomic mass is 16.6. The van der Waals surface area contributed by atoms with Gasteiger partial charge in [-0.05, 0) is 44.9 Å². The van der Waals surface area contributed by atoms with E-state index < -0.39 is 6.10 Å². The Hall–Kier alpha value is -1.85. The van der Waals surface area contributed by atoms with Crippen molar-refractivity contribution < 1.29 is 28.6 Å². The van der Waals surface area contributed by atoms with Crippen LogP contribution in [-0.4, -0.2) is 37.2 Å². The lowest BCUT2D eigenvalue weighted by Gasteiger charge is -2.18. The molecule has 6 heteroatoms. The smallest absolute Gasteiger partial charge is 0.306 e. The van der Waals surface area contributed by atoms with Crippen LogP contribution >= 0.6 is 0 Å². The number of carbonyl (C=O) groups is 3. The number of rotatable bonds is 58. The van der Waals surface area contributed by atoms with Gasteiger partial charge in [0.2, 0.25) is 0 Å². The van der Waals surface area contributed by atoms with E-state index in [9.17, 15) is 14.4 Å². The molecule has 0 fully saturated rings. The van der Waals surface area contributed by atoms with E-state index in [4.69, 9.17) is 14.2 Å². The van der Waals surface area contributed by atoms with Gasteiger partial charge in [0.05, 0.1) is 0 Å². The predicted octanol–water partition coefficient (Wildman–Crippen LogP) is 20.9. The Bertz CT molecular complexity index is 1070. The Kier molecular flexibility index (Phi) is 57.1. The Morgan fingerprint density at radius 3 is 0.725 bits per heavy atom. The summed E-state index contributed by atoms with van der Waals surface area (Å²) in [5.41, 5.74) is 0. The van der Waals surface area contributed by atoms with Crippen molar-refractivity contribution >= 4 is 17.9 Å². The highest BCUT2D eigenvalue weighted by molar-refractivity contribution is 5.71. The lowest BCUT2D eigenvalue weighted by Crippen LogP contribution is -2.30. The minimum Gasteiger partial charge on any atom is -0.462 e. The quantitative estimate of drug-likeness (QED) is 0.0261. The van der Waals surface area contributed by atoms with Crippen LogP contribution in [0.25, 0.3) is 0 Å². The Morgan fingerprint density at radius 2 is 0.478 bits per heavy atom. The highest BCUT2D eigenvalue weighted by Crippen LogP contribution is 2.18. The Labute approximate surface area is 431 Å². The average Bonchev–Trinajstić information content (AvgIpc) is 3.35. The number of unbranched alkanes of at least 4 members (excludes halogenated alkanes) is 45. The van der Waals surface area contributed by atoms with E-state index in [-0.39, 0.29) is 31.1 Å². The second kappa shape index (κ2) is 58.7. The molecule has 0 aliphatic heterocycles. The van der Waals surface area contributed by atoms with Crippen LogP contribution in [0.5, 0.6) is 0 Å². The molecule has 69 heavy (non-hydrogen) atoms. The normalized spacial score (nSPS) is 12.0. The van der Waals surface area contributed by atoms with Gasteiger partial charge in [-0.2, -0.15) is 0 Å². The third-order valence-electron chi connectivity index (χ3n) is 14.3. The zero-order valence-electron chi connectivity index (χ0n) is 46.9. The van der Waals surface area contributed by atoms with Gasteiger partial charge in [0, 0.05) is 19.3 Å². The third kappa shape index (κ3) is 56.9. The number of carbonyl (C=O) groups excluding carboxylic acids is 3. The number of allylic oxidation sites excluding steroid dienone is 2. The van der Waals surface area contributed by atoms with Crippen LogP contribution in [0.4, 0.5) is 0 Å². The van der Waals surface area contributed by atoms with Crippen LogP contribution in [0.15, 0.2) is 12.2 Å². The zero-order chi connectivity index (χ0) is 50.0. The molecule has 1 atom stereocenters. The molecule has 0 rings (SSSR count). The SMILES string of the molecule is CCCCCCCCC/C=C\CCCCCCCCCC(=O)OCC(COC(=O)CCCCCCCCCCCCCCCCC)OC(=O)CCCCCCCCCCCCCCCCCCCC. The van der Waals surface area contributed by atoms with Crippen molar-refractivity contribution in [2.75, 3.05) is 13.2 Å². The van der Waals surface area contributed by atoms with Crippen molar-refractivity contribution in [3.63, 3.8) is 0 Å². The van der Waals surface area contributed by atoms with Gasteiger partial charge in [0.15, 0.2) is 6.10 Å². The fourth-order valence-electron chi connectivity index (χ4n) is 9.56. The molecular weight excluding hydrogens is 853 g/mol. The van der Waals surface area contributed by atoms with Gasteiger partial charge in [0.1, 0.15) is 13.2 Å². The van der Waals surface area contributed by atoms with Crippen molar-refractivity contribution in [2.24, 2.45) is 0 Å². The first-order chi connectivity index (χ1) is 34.0. The molecule has 0 saturated heterocycles. The van der Waals surface area contributed by atoms with E-state index in [0.29, 0.717) is 19.3 Å². The van der Waals surface area contributed by atoms with E-state index in [1.165, 1.54) is 257 Å². The molecule has 0 saturated carbocycles. The average molecular weight is 974 g/mol. The van der Waals surface area contributed by atoms with Gasteiger partial charge in [-0.1, -0.05) is 303 Å². The fraction of sp³-hybridized carbons (Fsp3) is 0.921. The first-order valence-corrected chi connectivity index (χ1v) is 31.2. The minimum atomic E-state index is -0.767. The van der Waals surface area contributed by atoms with Crippen molar-refractivity contribution in [1.29, 1.82) is 0 Å². The van der Waals surface area contributed by atoms with Crippen LogP contribution < -0.4 is 0 Å². The molecule has 1 unspecified atom stereocenters. The molecule has 0 radical (unpaired) electrons. The summed E-state index contributed by atoms with van der Waals surface area (Å²) in [6.45, 7) is 6.71. The summed E-state index contributed by atoms with van der Waals surface area (Å²) in [6, 6.07) is 0. The number of esters is 3. The summed E-state index contributed by atoms with van der Waals surface area (Å²) in [6.07, 6.45) is 67.8. The molecule has 0 aromatic carbocycles. The first kappa shape index (κ1) is 67.1. The van der Waals surface area contributed by atoms with E-state index in [0.717, 1.165) is 57.8 Å². The van der Waals surface area contributed by atoms with Crippen molar-refractivity contribution in [3.8, 4) is 0 Å². The summed E-state index contributed by atoms with van der Waals surface area (Å²) in [4.78, 5) is 38.3. The highest BCUT2D eigenvalue weighted by Gasteiger charge is 2.19. The van der Waals surface area contributed by atoms with Crippen LogP contribution in [0.2, 0.25) is 0 Å².